The molecule has 5 heteroatoms. The van der Waals surface area contributed by atoms with Crippen LogP contribution in [-0.2, 0) is 11.3 Å². The van der Waals surface area contributed by atoms with E-state index in [0.29, 0.717) is 12.0 Å². The van der Waals surface area contributed by atoms with Crippen LogP contribution >= 0.6 is 0 Å². The van der Waals surface area contributed by atoms with Crippen LogP contribution in [0.15, 0.2) is 0 Å². The first-order chi connectivity index (χ1) is 8.81. The number of fused-ring (bicyclic) bond motifs is 1. The van der Waals surface area contributed by atoms with Crippen LogP contribution in [0.25, 0.3) is 0 Å². The highest BCUT2D eigenvalue weighted by atomic mass is 16.5. The maximum Gasteiger partial charge on any atom is 0.162 e. The van der Waals surface area contributed by atoms with Crippen LogP contribution in [0.5, 0.6) is 0 Å². The lowest BCUT2D eigenvalue weighted by atomic mass is 10.0. The average Bonchev–Trinajstić information content (AvgIpc) is 2.96. The molecule has 18 heavy (non-hydrogen) atoms. The van der Waals surface area contributed by atoms with E-state index in [0.717, 1.165) is 50.6 Å². The summed E-state index contributed by atoms with van der Waals surface area (Å²) in [7, 11) is 0. The zero-order valence-electron chi connectivity index (χ0n) is 11.2. The van der Waals surface area contributed by atoms with Crippen molar-refractivity contribution < 1.29 is 4.74 Å². The lowest BCUT2D eigenvalue weighted by Gasteiger charge is -2.26. The maximum atomic E-state index is 5.83. The van der Waals surface area contributed by atoms with Gasteiger partial charge in [0.25, 0.3) is 0 Å². The molecule has 1 saturated heterocycles. The molecule has 0 saturated carbocycles. The van der Waals surface area contributed by atoms with Crippen LogP contribution in [0.2, 0.25) is 0 Å². The molecule has 1 fully saturated rings. The Balaban J connectivity index is 1.89. The number of aromatic nitrogens is 3. The van der Waals surface area contributed by atoms with Gasteiger partial charge < -0.3 is 14.6 Å². The van der Waals surface area contributed by atoms with Gasteiger partial charge in [0.1, 0.15) is 11.9 Å². The molecule has 1 aromatic rings. The van der Waals surface area contributed by atoms with E-state index in [9.17, 15) is 0 Å². The molecule has 2 aliphatic rings. The minimum Gasteiger partial charge on any atom is -0.370 e. The second-order valence-corrected chi connectivity index (χ2v) is 5.42. The first-order valence-electron chi connectivity index (χ1n) is 7.09. The third-order valence-electron chi connectivity index (χ3n) is 4.07. The van der Waals surface area contributed by atoms with Gasteiger partial charge in [-0.1, -0.05) is 20.3 Å². The Hall–Kier alpha value is -0.940. The Morgan fingerprint density at radius 2 is 2.22 bits per heavy atom. The molecule has 5 nitrogen and oxygen atoms in total. The van der Waals surface area contributed by atoms with Crippen LogP contribution in [0.1, 0.15) is 56.9 Å². The predicted molar refractivity (Wildman–Crippen MR) is 68.1 cm³/mol. The molecule has 3 atom stereocenters. The third-order valence-corrected chi connectivity index (χ3v) is 4.07. The molecular weight excluding hydrogens is 228 g/mol. The minimum absolute atomic E-state index is 0.145. The van der Waals surface area contributed by atoms with E-state index in [1.165, 1.54) is 0 Å². The lowest BCUT2D eigenvalue weighted by molar-refractivity contribution is 0.0831. The number of rotatable bonds is 3. The highest BCUT2D eigenvalue weighted by Crippen LogP contribution is 2.34. The van der Waals surface area contributed by atoms with Gasteiger partial charge in [0.15, 0.2) is 5.82 Å². The number of hydrogen-bond donors (Lipinski definition) is 1. The summed E-state index contributed by atoms with van der Waals surface area (Å²) in [5.41, 5.74) is 0. The molecule has 0 amide bonds. The number of hydrogen-bond acceptors (Lipinski definition) is 4. The lowest BCUT2D eigenvalue weighted by Crippen LogP contribution is -2.34. The van der Waals surface area contributed by atoms with Crippen molar-refractivity contribution in [2.45, 2.75) is 51.8 Å². The quantitative estimate of drug-likeness (QED) is 0.889. The van der Waals surface area contributed by atoms with E-state index in [-0.39, 0.29) is 6.10 Å². The van der Waals surface area contributed by atoms with Crippen LogP contribution in [-0.4, -0.2) is 27.9 Å². The van der Waals surface area contributed by atoms with E-state index in [2.05, 4.69) is 33.9 Å². The Morgan fingerprint density at radius 3 is 2.94 bits per heavy atom. The summed E-state index contributed by atoms with van der Waals surface area (Å²) in [5.74, 6) is 2.69. The number of ether oxygens (including phenoxy) is 1. The summed E-state index contributed by atoms with van der Waals surface area (Å²) in [4.78, 5) is 0. The van der Waals surface area contributed by atoms with Gasteiger partial charge in [-0.25, -0.2) is 0 Å². The van der Waals surface area contributed by atoms with Crippen molar-refractivity contribution >= 4 is 0 Å². The standard InChI is InChI=1S/C13H22N4O/c1-3-4-10-12-15-16-13(17(12)7-6-14-10)11-9(2)5-8-18-11/h9-11,14H,3-8H2,1-2H3. The topological polar surface area (TPSA) is 52.0 Å². The van der Waals surface area contributed by atoms with Gasteiger partial charge in [-0.2, -0.15) is 0 Å². The third kappa shape index (κ3) is 1.95. The van der Waals surface area contributed by atoms with Crippen molar-refractivity contribution in [2.24, 2.45) is 5.92 Å². The predicted octanol–water partition coefficient (Wildman–Crippen LogP) is 1.82. The normalized spacial score (nSPS) is 31.6. The van der Waals surface area contributed by atoms with E-state index >= 15 is 0 Å². The molecule has 1 aromatic heterocycles. The molecule has 1 N–H and O–H groups in total. The van der Waals surface area contributed by atoms with E-state index in [1.54, 1.807) is 0 Å². The van der Waals surface area contributed by atoms with Gasteiger partial charge in [0.2, 0.25) is 0 Å². The minimum atomic E-state index is 0.145. The van der Waals surface area contributed by atoms with E-state index < -0.39 is 0 Å². The molecule has 0 radical (unpaired) electrons. The van der Waals surface area contributed by atoms with Crippen LogP contribution < -0.4 is 5.32 Å². The Labute approximate surface area is 108 Å². The molecular formula is C13H22N4O. The highest BCUT2D eigenvalue weighted by Gasteiger charge is 2.33. The molecule has 0 bridgehead atoms. The average molecular weight is 250 g/mol. The summed E-state index contributed by atoms with van der Waals surface area (Å²) in [6.07, 6.45) is 3.56. The van der Waals surface area contributed by atoms with Gasteiger partial charge in [0, 0.05) is 19.7 Å². The molecule has 3 unspecified atom stereocenters. The van der Waals surface area contributed by atoms with Crippen molar-refractivity contribution in [1.29, 1.82) is 0 Å². The summed E-state index contributed by atoms with van der Waals surface area (Å²) in [6.45, 7) is 7.27. The van der Waals surface area contributed by atoms with Crippen molar-refractivity contribution in [1.82, 2.24) is 20.1 Å². The monoisotopic (exact) mass is 250 g/mol. The molecule has 0 aromatic carbocycles. The number of nitrogens with zero attached hydrogens (tertiary/aromatic N) is 3. The Kier molecular flexibility index (Phi) is 3.35. The van der Waals surface area contributed by atoms with Crippen LogP contribution in [0.3, 0.4) is 0 Å². The van der Waals surface area contributed by atoms with E-state index in [4.69, 9.17) is 4.74 Å². The second-order valence-electron chi connectivity index (χ2n) is 5.42. The van der Waals surface area contributed by atoms with Crippen LogP contribution in [0, 0.1) is 5.92 Å². The first-order valence-corrected chi connectivity index (χ1v) is 7.09. The Morgan fingerprint density at radius 1 is 1.39 bits per heavy atom. The molecule has 2 aliphatic heterocycles. The van der Waals surface area contributed by atoms with Gasteiger partial charge >= 0.3 is 0 Å². The highest BCUT2D eigenvalue weighted by molar-refractivity contribution is 5.08. The van der Waals surface area contributed by atoms with Crippen molar-refractivity contribution in [3.63, 3.8) is 0 Å². The second kappa shape index (κ2) is 4.97. The SMILES string of the molecule is CCCC1NCCn2c1nnc2C1OCCC1C. The zero-order chi connectivity index (χ0) is 12.5. The fourth-order valence-corrected chi connectivity index (χ4v) is 3.01. The molecule has 0 aliphatic carbocycles. The van der Waals surface area contributed by atoms with Crippen molar-refractivity contribution in [3.05, 3.63) is 11.6 Å². The first kappa shape index (κ1) is 12.1. The molecule has 3 rings (SSSR count). The van der Waals surface area contributed by atoms with Gasteiger partial charge in [-0.3, -0.25) is 0 Å². The fourth-order valence-electron chi connectivity index (χ4n) is 3.01. The van der Waals surface area contributed by atoms with Crippen molar-refractivity contribution in [2.75, 3.05) is 13.2 Å². The summed E-state index contributed by atoms with van der Waals surface area (Å²) >= 11 is 0. The van der Waals surface area contributed by atoms with Crippen molar-refractivity contribution in [3.8, 4) is 0 Å². The largest absolute Gasteiger partial charge is 0.370 e. The number of nitrogens with one attached hydrogen (secondary N) is 1. The summed E-state index contributed by atoms with van der Waals surface area (Å²) in [6, 6.07) is 0.363. The molecule has 0 spiro atoms. The Bertz CT molecular complexity index is 417. The molecule has 100 valence electrons. The van der Waals surface area contributed by atoms with Gasteiger partial charge in [-0.15, -0.1) is 10.2 Å². The van der Waals surface area contributed by atoms with Crippen LogP contribution in [0.4, 0.5) is 0 Å². The van der Waals surface area contributed by atoms with Gasteiger partial charge in [0.05, 0.1) is 6.04 Å². The van der Waals surface area contributed by atoms with E-state index in [1.807, 2.05) is 0 Å². The maximum absolute atomic E-state index is 5.83. The van der Waals surface area contributed by atoms with Gasteiger partial charge in [-0.05, 0) is 18.8 Å². The zero-order valence-corrected chi connectivity index (χ0v) is 11.2. The fraction of sp³-hybridized carbons (Fsp3) is 0.846. The summed E-state index contributed by atoms with van der Waals surface area (Å²) < 4.78 is 8.11. The molecule has 3 heterocycles. The smallest absolute Gasteiger partial charge is 0.162 e. The summed E-state index contributed by atoms with van der Waals surface area (Å²) in [5, 5.41) is 12.3.